The van der Waals surface area contributed by atoms with E-state index in [0.717, 1.165) is 49.4 Å². The molecule has 1 aromatic heterocycles. The summed E-state index contributed by atoms with van der Waals surface area (Å²) in [5, 5.41) is 0. The van der Waals surface area contributed by atoms with Gasteiger partial charge in [0.2, 0.25) is 5.88 Å². The molecule has 5 nitrogen and oxygen atoms in total. The molecule has 0 N–H and O–H groups in total. The van der Waals surface area contributed by atoms with Gasteiger partial charge in [-0.25, -0.2) is 0 Å². The highest BCUT2D eigenvalue weighted by Gasteiger charge is 2.37. The molecule has 2 aliphatic carbocycles. The third kappa shape index (κ3) is 3.14. The molecule has 3 unspecified atom stereocenters. The van der Waals surface area contributed by atoms with Gasteiger partial charge in [-0.05, 0) is 56.5 Å². The standard InChI is InChI=1S/C19H27N3O2/c1-23-18-11-17(20-19(21-18)24-2)14-5-7-22(8-6-14)12-16-10-13-3-4-15(16)9-13/h3-4,11,13-16H,5-10,12H2,1-2H3. The molecule has 1 aromatic rings. The second-order valence-corrected chi connectivity index (χ2v) is 7.44. The van der Waals surface area contributed by atoms with Gasteiger partial charge in [0, 0.05) is 18.5 Å². The first-order valence-electron chi connectivity index (χ1n) is 9.12. The molecule has 1 saturated carbocycles. The van der Waals surface area contributed by atoms with Gasteiger partial charge < -0.3 is 14.4 Å². The predicted octanol–water partition coefficient (Wildman–Crippen LogP) is 2.89. The summed E-state index contributed by atoms with van der Waals surface area (Å²) in [7, 11) is 3.24. The third-order valence-electron chi connectivity index (χ3n) is 6.01. The molecule has 3 atom stereocenters. The van der Waals surface area contributed by atoms with E-state index in [-0.39, 0.29) is 0 Å². The summed E-state index contributed by atoms with van der Waals surface area (Å²) in [4.78, 5) is 11.4. The van der Waals surface area contributed by atoms with Crippen LogP contribution in [-0.2, 0) is 0 Å². The highest BCUT2D eigenvalue weighted by molar-refractivity contribution is 5.22. The molecule has 2 bridgehead atoms. The van der Waals surface area contributed by atoms with Crippen molar-refractivity contribution in [2.24, 2.45) is 17.8 Å². The molecule has 0 spiro atoms. The van der Waals surface area contributed by atoms with E-state index in [1.807, 2.05) is 6.07 Å². The quantitative estimate of drug-likeness (QED) is 0.778. The van der Waals surface area contributed by atoms with Gasteiger partial charge in [-0.2, -0.15) is 9.97 Å². The van der Waals surface area contributed by atoms with Crippen molar-refractivity contribution in [3.05, 3.63) is 23.9 Å². The van der Waals surface area contributed by atoms with Gasteiger partial charge in [0.05, 0.1) is 19.9 Å². The van der Waals surface area contributed by atoms with Crippen LogP contribution in [0.25, 0.3) is 0 Å². The number of hydrogen-bond acceptors (Lipinski definition) is 5. The van der Waals surface area contributed by atoms with E-state index < -0.39 is 0 Å². The Hall–Kier alpha value is -1.62. The van der Waals surface area contributed by atoms with E-state index in [1.165, 1.54) is 19.4 Å². The van der Waals surface area contributed by atoms with E-state index in [1.54, 1.807) is 14.2 Å². The summed E-state index contributed by atoms with van der Waals surface area (Å²) in [6.07, 6.45) is 10.0. The number of hydrogen-bond donors (Lipinski definition) is 0. The summed E-state index contributed by atoms with van der Waals surface area (Å²) in [5.41, 5.74) is 1.06. The molecule has 1 aliphatic heterocycles. The SMILES string of the molecule is COc1cc(C2CCN(CC3CC4C=CC3C4)CC2)nc(OC)n1. The Labute approximate surface area is 144 Å². The molecule has 0 aromatic carbocycles. The number of ether oxygens (including phenoxy) is 2. The van der Waals surface area contributed by atoms with Crippen LogP contribution in [0, 0.1) is 17.8 Å². The number of allylic oxidation sites excluding steroid dienone is 2. The monoisotopic (exact) mass is 329 g/mol. The number of fused-ring (bicyclic) bond motifs is 2. The first kappa shape index (κ1) is 15.9. The Morgan fingerprint density at radius 2 is 1.92 bits per heavy atom. The largest absolute Gasteiger partial charge is 0.481 e. The summed E-state index contributed by atoms with van der Waals surface area (Å²) in [6.45, 7) is 3.60. The maximum Gasteiger partial charge on any atom is 0.319 e. The van der Waals surface area contributed by atoms with Crippen molar-refractivity contribution in [1.29, 1.82) is 0 Å². The minimum absolute atomic E-state index is 0.403. The van der Waals surface area contributed by atoms with E-state index in [9.17, 15) is 0 Å². The molecular formula is C19H27N3O2. The van der Waals surface area contributed by atoms with Crippen molar-refractivity contribution in [3.8, 4) is 11.9 Å². The summed E-state index contributed by atoms with van der Waals surface area (Å²) >= 11 is 0. The number of rotatable bonds is 5. The Kier molecular flexibility index (Phi) is 4.44. The molecular weight excluding hydrogens is 302 g/mol. The van der Waals surface area contributed by atoms with Crippen LogP contribution in [0.2, 0.25) is 0 Å². The van der Waals surface area contributed by atoms with Crippen LogP contribution in [0.15, 0.2) is 18.2 Å². The Morgan fingerprint density at radius 1 is 1.08 bits per heavy atom. The van der Waals surface area contributed by atoms with Gasteiger partial charge in [-0.1, -0.05) is 12.2 Å². The average Bonchev–Trinajstić information content (AvgIpc) is 3.25. The van der Waals surface area contributed by atoms with Crippen molar-refractivity contribution in [3.63, 3.8) is 0 Å². The number of likely N-dealkylation sites (tertiary alicyclic amines) is 1. The lowest BCUT2D eigenvalue weighted by Crippen LogP contribution is -2.37. The number of piperidine rings is 1. The number of methoxy groups -OCH3 is 2. The second kappa shape index (κ2) is 6.71. The second-order valence-electron chi connectivity index (χ2n) is 7.44. The van der Waals surface area contributed by atoms with Gasteiger partial charge in [0.1, 0.15) is 0 Å². The minimum atomic E-state index is 0.403. The molecule has 130 valence electrons. The van der Waals surface area contributed by atoms with Crippen LogP contribution in [0.3, 0.4) is 0 Å². The fraction of sp³-hybridized carbons (Fsp3) is 0.684. The normalized spacial score (nSPS) is 30.0. The molecule has 2 heterocycles. The lowest BCUT2D eigenvalue weighted by Gasteiger charge is -2.34. The first-order chi connectivity index (χ1) is 11.7. The Bertz CT molecular complexity index is 588. The fourth-order valence-corrected chi connectivity index (χ4v) is 4.67. The van der Waals surface area contributed by atoms with E-state index in [2.05, 4.69) is 27.0 Å². The van der Waals surface area contributed by atoms with Crippen molar-refractivity contribution in [1.82, 2.24) is 14.9 Å². The van der Waals surface area contributed by atoms with Crippen molar-refractivity contribution in [2.75, 3.05) is 33.9 Å². The van der Waals surface area contributed by atoms with Crippen LogP contribution >= 0.6 is 0 Å². The Balaban J connectivity index is 1.35. The van der Waals surface area contributed by atoms with Crippen LogP contribution in [0.5, 0.6) is 11.9 Å². The predicted molar refractivity (Wildman–Crippen MR) is 92.4 cm³/mol. The summed E-state index contributed by atoms with van der Waals surface area (Å²) in [6, 6.07) is 2.37. The zero-order valence-corrected chi connectivity index (χ0v) is 14.6. The molecule has 0 amide bonds. The molecule has 5 heteroatoms. The Morgan fingerprint density at radius 3 is 2.54 bits per heavy atom. The van der Waals surface area contributed by atoms with E-state index in [4.69, 9.17) is 9.47 Å². The molecule has 0 radical (unpaired) electrons. The van der Waals surface area contributed by atoms with Crippen LogP contribution < -0.4 is 9.47 Å². The zero-order chi connectivity index (χ0) is 16.5. The smallest absolute Gasteiger partial charge is 0.319 e. The molecule has 2 fully saturated rings. The van der Waals surface area contributed by atoms with Gasteiger partial charge >= 0.3 is 6.01 Å². The summed E-state index contributed by atoms with van der Waals surface area (Å²) in [5.74, 6) is 3.68. The topological polar surface area (TPSA) is 47.5 Å². The third-order valence-corrected chi connectivity index (χ3v) is 6.01. The summed E-state index contributed by atoms with van der Waals surface area (Å²) < 4.78 is 10.5. The van der Waals surface area contributed by atoms with Crippen molar-refractivity contribution in [2.45, 2.75) is 31.6 Å². The van der Waals surface area contributed by atoms with E-state index in [0.29, 0.717) is 17.8 Å². The van der Waals surface area contributed by atoms with Gasteiger partial charge in [-0.15, -0.1) is 0 Å². The van der Waals surface area contributed by atoms with Crippen LogP contribution in [-0.4, -0.2) is 48.7 Å². The molecule has 3 aliphatic rings. The van der Waals surface area contributed by atoms with Crippen molar-refractivity contribution >= 4 is 0 Å². The van der Waals surface area contributed by atoms with Gasteiger partial charge in [-0.3, -0.25) is 0 Å². The maximum atomic E-state index is 5.28. The maximum absolute atomic E-state index is 5.28. The first-order valence-corrected chi connectivity index (χ1v) is 9.12. The minimum Gasteiger partial charge on any atom is -0.481 e. The fourth-order valence-electron chi connectivity index (χ4n) is 4.67. The zero-order valence-electron chi connectivity index (χ0n) is 14.6. The average molecular weight is 329 g/mol. The van der Waals surface area contributed by atoms with Gasteiger partial charge in [0.15, 0.2) is 0 Å². The molecule has 4 rings (SSSR count). The van der Waals surface area contributed by atoms with Crippen molar-refractivity contribution < 1.29 is 9.47 Å². The van der Waals surface area contributed by atoms with Crippen LogP contribution in [0.4, 0.5) is 0 Å². The van der Waals surface area contributed by atoms with Gasteiger partial charge in [0.25, 0.3) is 0 Å². The lowest BCUT2D eigenvalue weighted by molar-refractivity contribution is 0.170. The van der Waals surface area contributed by atoms with E-state index >= 15 is 0 Å². The highest BCUT2D eigenvalue weighted by atomic mass is 16.5. The molecule has 1 saturated heterocycles. The lowest BCUT2D eigenvalue weighted by atomic mass is 9.90. The van der Waals surface area contributed by atoms with Crippen LogP contribution in [0.1, 0.15) is 37.3 Å². The number of nitrogens with zero attached hydrogens (tertiary/aromatic N) is 3. The highest BCUT2D eigenvalue weighted by Crippen LogP contribution is 2.44. The number of aromatic nitrogens is 2. The molecule has 24 heavy (non-hydrogen) atoms.